The Hall–Kier alpha value is -0.900. The van der Waals surface area contributed by atoms with Gasteiger partial charge in [0.1, 0.15) is 5.82 Å². The van der Waals surface area contributed by atoms with Gasteiger partial charge in [-0.05, 0) is 31.2 Å². The van der Waals surface area contributed by atoms with Crippen molar-refractivity contribution in [2.24, 2.45) is 5.92 Å². The van der Waals surface area contributed by atoms with Crippen molar-refractivity contribution in [2.45, 2.75) is 19.9 Å². The maximum atomic E-state index is 14.0. The highest BCUT2D eigenvalue weighted by molar-refractivity contribution is 7.15. The average Bonchev–Trinajstić information content (AvgIpc) is 2.82. The van der Waals surface area contributed by atoms with Gasteiger partial charge < -0.3 is 5.32 Å². The van der Waals surface area contributed by atoms with Crippen LogP contribution in [0, 0.1) is 11.7 Å². The quantitative estimate of drug-likeness (QED) is 0.825. The minimum absolute atomic E-state index is 0.168. The summed E-state index contributed by atoms with van der Waals surface area (Å²) in [6, 6.07) is 9.42. The fourth-order valence-corrected chi connectivity index (χ4v) is 3.65. The normalized spacial score (nSPS) is 12.9. The first-order chi connectivity index (χ1) is 9.04. The molecule has 1 atom stereocenters. The van der Waals surface area contributed by atoms with E-state index in [0.717, 1.165) is 4.88 Å². The first-order valence-corrected chi connectivity index (χ1v) is 7.45. The molecule has 19 heavy (non-hydrogen) atoms. The van der Waals surface area contributed by atoms with Crippen LogP contribution in [0.4, 0.5) is 4.39 Å². The molecule has 0 aliphatic heterocycles. The van der Waals surface area contributed by atoms with Crippen LogP contribution in [0.15, 0.2) is 30.3 Å². The van der Waals surface area contributed by atoms with Gasteiger partial charge in [-0.3, -0.25) is 0 Å². The lowest BCUT2D eigenvalue weighted by Crippen LogP contribution is -2.20. The van der Waals surface area contributed by atoms with E-state index in [2.05, 4.69) is 25.2 Å². The summed E-state index contributed by atoms with van der Waals surface area (Å²) in [4.78, 5) is 2.13. The molecule has 2 rings (SSSR count). The van der Waals surface area contributed by atoms with Gasteiger partial charge in [-0.15, -0.1) is 11.3 Å². The van der Waals surface area contributed by atoms with Gasteiger partial charge in [0, 0.05) is 21.4 Å². The van der Waals surface area contributed by atoms with Crippen LogP contribution in [0.25, 0.3) is 10.4 Å². The highest BCUT2D eigenvalue weighted by Gasteiger charge is 2.17. The maximum Gasteiger partial charge on any atom is 0.150 e. The van der Waals surface area contributed by atoms with Crippen molar-refractivity contribution in [3.05, 3.63) is 46.0 Å². The van der Waals surface area contributed by atoms with E-state index in [1.54, 1.807) is 29.5 Å². The van der Waals surface area contributed by atoms with Crippen LogP contribution in [-0.4, -0.2) is 7.05 Å². The minimum Gasteiger partial charge on any atom is -0.312 e. The summed E-state index contributed by atoms with van der Waals surface area (Å²) in [6.45, 7) is 4.33. The van der Waals surface area contributed by atoms with E-state index in [4.69, 9.17) is 11.6 Å². The molecule has 1 aromatic heterocycles. The Kier molecular flexibility index (Phi) is 4.61. The number of halogens is 2. The molecule has 0 saturated heterocycles. The second kappa shape index (κ2) is 6.04. The zero-order valence-electron chi connectivity index (χ0n) is 11.2. The van der Waals surface area contributed by atoms with E-state index in [1.807, 2.05) is 13.1 Å². The number of nitrogens with one attached hydrogen (secondary N) is 1. The molecule has 0 fully saturated rings. The van der Waals surface area contributed by atoms with E-state index in [0.29, 0.717) is 17.5 Å². The van der Waals surface area contributed by atoms with Crippen LogP contribution >= 0.6 is 22.9 Å². The van der Waals surface area contributed by atoms with Gasteiger partial charge in [-0.2, -0.15) is 0 Å². The van der Waals surface area contributed by atoms with Crippen molar-refractivity contribution in [1.82, 2.24) is 5.32 Å². The molecule has 4 heteroatoms. The number of thiophene rings is 1. The van der Waals surface area contributed by atoms with Crippen LogP contribution in [0.3, 0.4) is 0 Å². The molecule has 0 radical (unpaired) electrons. The first kappa shape index (κ1) is 14.5. The molecule has 1 N–H and O–H groups in total. The fraction of sp³-hybridized carbons (Fsp3) is 0.333. The monoisotopic (exact) mass is 297 g/mol. The Morgan fingerprint density at radius 3 is 2.58 bits per heavy atom. The first-order valence-electron chi connectivity index (χ1n) is 6.26. The van der Waals surface area contributed by atoms with E-state index in [-0.39, 0.29) is 10.8 Å². The molecule has 0 bridgehead atoms. The van der Waals surface area contributed by atoms with Crippen molar-refractivity contribution >= 4 is 22.9 Å². The van der Waals surface area contributed by atoms with Crippen molar-refractivity contribution in [2.75, 3.05) is 7.05 Å². The molecular formula is C15H17ClFNS. The predicted molar refractivity (Wildman–Crippen MR) is 81.4 cm³/mol. The van der Waals surface area contributed by atoms with E-state index >= 15 is 0 Å². The Labute approximate surface area is 122 Å². The van der Waals surface area contributed by atoms with Crippen LogP contribution in [-0.2, 0) is 0 Å². The topological polar surface area (TPSA) is 12.0 Å². The van der Waals surface area contributed by atoms with E-state index in [9.17, 15) is 4.39 Å². The zero-order chi connectivity index (χ0) is 14.0. The highest BCUT2D eigenvalue weighted by Crippen LogP contribution is 2.36. The molecular weight excluding hydrogens is 281 g/mol. The Morgan fingerprint density at radius 2 is 1.95 bits per heavy atom. The van der Waals surface area contributed by atoms with Gasteiger partial charge in [0.15, 0.2) is 0 Å². The summed E-state index contributed by atoms with van der Waals surface area (Å²) in [7, 11) is 1.95. The van der Waals surface area contributed by atoms with Gasteiger partial charge in [-0.25, -0.2) is 4.39 Å². The van der Waals surface area contributed by atoms with Crippen LogP contribution < -0.4 is 5.32 Å². The molecule has 102 valence electrons. The number of benzene rings is 1. The summed E-state index contributed by atoms with van der Waals surface area (Å²) >= 11 is 7.44. The second-order valence-corrected chi connectivity index (χ2v) is 6.34. The van der Waals surface area contributed by atoms with E-state index in [1.165, 1.54) is 4.88 Å². The highest BCUT2D eigenvalue weighted by atomic mass is 35.5. The number of hydrogen-bond donors (Lipinski definition) is 1. The van der Waals surface area contributed by atoms with Crippen molar-refractivity contribution in [3.63, 3.8) is 0 Å². The molecule has 0 aliphatic rings. The molecule has 1 heterocycles. The molecule has 0 spiro atoms. The maximum absolute atomic E-state index is 14.0. The van der Waals surface area contributed by atoms with Crippen molar-refractivity contribution in [1.29, 1.82) is 0 Å². The summed E-state index contributed by atoms with van der Waals surface area (Å²) in [5, 5.41) is 3.47. The fourth-order valence-electron chi connectivity index (χ4n) is 2.16. The average molecular weight is 298 g/mol. The summed E-state index contributed by atoms with van der Waals surface area (Å²) in [5.41, 5.74) is 0.572. The Balaban J connectivity index is 2.38. The van der Waals surface area contributed by atoms with Crippen LogP contribution in [0.1, 0.15) is 24.8 Å². The molecule has 0 saturated carbocycles. The van der Waals surface area contributed by atoms with Crippen molar-refractivity contribution < 1.29 is 4.39 Å². The summed E-state index contributed by atoms with van der Waals surface area (Å²) in [5.74, 6) is 0.142. The van der Waals surface area contributed by atoms with Gasteiger partial charge in [-0.1, -0.05) is 37.6 Å². The third-order valence-electron chi connectivity index (χ3n) is 3.13. The van der Waals surface area contributed by atoms with Crippen LogP contribution in [0.5, 0.6) is 0 Å². The lowest BCUT2D eigenvalue weighted by atomic mass is 10.0. The molecule has 1 aromatic carbocycles. The third kappa shape index (κ3) is 2.99. The summed E-state index contributed by atoms with van der Waals surface area (Å²) < 4.78 is 14.0. The second-order valence-electron chi connectivity index (χ2n) is 4.81. The number of rotatable bonds is 4. The van der Waals surface area contributed by atoms with Crippen LogP contribution in [0.2, 0.25) is 5.02 Å². The smallest absolute Gasteiger partial charge is 0.150 e. The van der Waals surface area contributed by atoms with Gasteiger partial charge in [0.05, 0.1) is 5.02 Å². The minimum atomic E-state index is -0.344. The lowest BCUT2D eigenvalue weighted by Gasteiger charge is -2.18. The third-order valence-corrected chi connectivity index (χ3v) is 4.62. The van der Waals surface area contributed by atoms with Gasteiger partial charge >= 0.3 is 0 Å². The number of hydrogen-bond acceptors (Lipinski definition) is 2. The van der Waals surface area contributed by atoms with Gasteiger partial charge in [0.2, 0.25) is 0 Å². The van der Waals surface area contributed by atoms with Gasteiger partial charge in [0.25, 0.3) is 0 Å². The summed E-state index contributed by atoms with van der Waals surface area (Å²) in [6.07, 6.45) is 0. The Bertz CT molecular complexity index is 565. The zero-order valence-corrected chi connectivity index (χ0v) is 12.8. The molecule has 2 aromatic rings. The van der Waals surface area contributed by atoms with E-state index < -0.39 is 0 Å². The van der Waals surface area contributed by atoms with Crippen molar-refractivity contribution in [3.8, 4) is 10.4 Å². The molecule has 0 amide bonds. The molecule has 0 aliphatic carbocycles. The Morgan fingerprint density at radius 1 is 1.21 bits per heavy atom. The standard InChI is InChI=1S/C15H17ClFNS/c1-9(2)15(18-3)13-8-7-12(19-13)10-5-4-6-11(16)14(10)17/h4-9,15,18H,1-3H3. The molecule has 1 unspecified atom stereocenters. The predicted octanol–water partition coefficient (Wildman–Crippen LogP) is 5.12. The lowest BCUT2D eigenvalue weighted by molar-refractivity contribution is 0.449. The molecule has 1 nitrogen and oxygen atoms in total. The largest absolute Gasteiger partial charge is 0.312 e. The SMILES string of the molecule is CNC(c1ccc(-c2cccc(Cl)c2F)s1)C(C)C.